The maximum Gasteiger partial charge on any atom is 0.436 e. The molecule has 0 saturated carbocycles. The lowest BCUT2D eigenvalue weighted by Gasteiger charge is -2.19. The van der Waals surface area contributed by atoms with Gasteiger partial charge in [0, 0.05) is 6.42 Å². The summed E-state index contributed by atoms with van der Waals surface area (Å²) in [6, 6.07) is 4.00. The van der Waals surface area contributed by atoms with Crippen LogP contribution in [0.3, 0.4) is 0 Å². The van der Waals surface area contributed by atoms with Crippen LogP contribution in [0.15, 0.2) is 30.5 Å². The lowest BCUT2D eigenvalue weighted by atomic mass is 10.2. The average molecular weight is 538 g/mol. The summed E-state index contributed by atoms with van der Waals surface area (Å²) in [5, 5.41) is 9.51. The molecule has 15 heteroatoms. The van der Waals surface area contributed by atoms with E-state index >= 15 is 0 Å². The Morgan fingerprint density at radius 3 is 2.37 bits per heavy atom. The van der Waals surface area contributed by atoms with E-state index in [0.717, 1.165) is 10.9 Å². The maximum atomic E-state index is 13.3. The zero-order chi connectivity index (χ0) is 26.1. The van der Waals surface area contributed by atoms with Crippen LogP contribution >= 0.6 is 11.6 Å². The molecule has 0 spiro atoms. The first-order valence-corrected chi connectivity index (χ1v) is 12.2. The number of aromatic nitrogens is 4. The number of anilines is 1. The fourth-order valence-corrected chi connectivity index (χ4v) is 3.88. The van der Waals surface area contributed by atoms with Crippen LogP contribution in [0, 0.1) is 19.7 Å². The number of alkyl halides is 3. The molecule has 3 rings (SSSR count). The topological polar surface area (TPSA) is 108 Å². The Bertz CT molecular complexity index is 1340. The summed E-state index contributed by atoms with van der Waals surface area (Å²) < 4.78 is 82.7. The highest BCUT2D eigenvalue weighted by molar-refractivity contribution is 7.85. The summed E-state index contributed by atoms with van der Waals surface area (Å²) in [4.78, 5) is 13.1. The second-order valence-corrected chi connectivity index (χ2v) is 9.56. The monoisotopic (exact) mass is 537 g/mol. The highest BCUT2D eigenvalue weighted by atomic mass is 35.5. The van der Waals surface area contributed by atoms with Crippen molar-refractivity contribution in [1.29, 1.82) is 0 Å². The van der Waals surface area contributed by atoms with Gasteiger partial charge in [-0.15, -0.1) is 0 Å². The first kappa shape index (κ1) is 26.6. The Hall–Kier alpha value is -2.97. The van der Waals surface area contributed by atoms with E-state index in [4.69, 9.17) is 11.6 Å². The van der Waals surface area contributed by atoms with E-state index in [9.17, 15) is 30.8 Å². The van der Waals surface area contributed by atoms with Crippen LogP contribution in [0.2, 0.25) is 5.02 Å². The van der Waals surface area contributed by atoms with Gasteiger partial charge in [0.25, 0.3) is 10.1 Å². The van der Waals surface area contributed by atoms with Gasteiger partial charge < -0.3 is 5.32 Å². The lowest BCUT2D eigenvalue weighted by molar-refractivity contribution is -0.141. The van der Waals surface area contributed by atoms with Gasteiger partial charge in [-0.1, -0.05) is 11.6 Å². The largest absolute Gasteiger partial charge is 0.436 e. The van der Waals surface area contributed by atoms with Gasteiger partial charge in [-0.05, 0) is 38.1 Å². The van der Waals surface area contributed by atoms with Crippen LogP contribution in [0.25, 0.3) is 5.69 Å². The molecule has 1 atom stereocenters. The molecule has 0 radical (unpaired) electrons. The number of carbonyl (C=O) groups excluding carboxylic acids is 1. The van der Waals surface area contributed by atoms with Crippen LogP contribution in [0.1, 0.15) is 29.5 Å². The van der Waals surface area contributed by atoms with E-state index in [1.54, 1.807) is 6.92 Å². The maximum absolute atomic E-state index is 13.3. The minimum Gasteiger partial charge on any atom is -0.321 e. The minimum atomic E-state index is -4.87. The number of benzene rings is 1. The van der Waals surface area contributed by atoms with E-state index in [1.807, 2.05) is 0 Å². The van der Waals surface area contributed by atoms with Crippen molar-refractivity contribution < 1.29 is 35.0 Å². The number of hydrogen-bond acceptors (Lipinski definition) is 6. The van der Waals surface area contributed by atoms with E-state index in [1.165, 1.54) is 42.1 Å². The van der Waals surface area contributed by atoms with Crippen molar-refractivity contribution in [3.63, 3.8) is 0 Å². The molecule has 0 saturated heterocycles. The minimum absolute atomic E-state index is 0.141. The molecule has 0 aliphatic rings. The zero-order valence-electron chi connectivity index (χ0n) is 18.6. The zero-order valence-corrected chi connectivity index (χ0v) is 20.2. The predicted molar refractivity (Wildman–Crippen MR) is 118 cm³/mol. The number of hydrogen-bond donors (Lipinski definition) is 1. The van der Waals surface area contributed by atoms with E-state index in [2.05, 4.69) is 19.7 Å². The summed E-state index contributed by atoms with van der Waals surface area (Å²) >= 11 is 5.82. The smallest absolute Gasteiger partial charge is 0.321 e. The molecular formula is C20H20ClF4N5O4S. The van der Waals surface area contributed by atoms with Crippen LogP contribution in [-0.4, -0.2) is 46.7 Å². The summed E-state index contributed by atoms with van der Waals surface area (Å²) in [7, 11) is -3.87. The van der Waals surface area contributed by atoms with E-state index in [-0.39, 0.29) is 17.8 Å². The molecule has 1 unspecified atom stereocenters. The Morgan fingerprint density at radius 1 is 1.20 bits per heavy atom. The van der Waals surface area contributed by atoms with Crippen molar-refractivity contribution in [3.8, 4) is 5.69 Å². The van der Waals surface area contributed by atoms with Crippen molar-refractivity contribution in [1.82, 2.24) is 19.6 Å². The lowest BCUT2D eigenvalue weighted by Crippen LogP contribution is -2.29. The standard InChI is InChI=1S/C20H20ClF4N5O4S/c1-11-15(10-26-29(11)14-6-4-13(22)5-7-14)27-19(31)16(8-9-34-35(3,32)33)30-12(2)17(21)18(28-30)20(23,24)25/h4-7,10,16H,8-9H2,1-3H3,(H,27,31). The van der Waals surface area contributed by atoms with Gasteiger partial charge in [0.05, 0.1) is 46.8 Å². The first-order valence-electron chi connectivity index (χ1n) is 9.96. The van der Waals surface area contributed by atoms with E-state index < -0.39 is 51.4 Å². The fourth-order valence-electron chi connectivity index (χ4n) is 3.25. The van der Waals surface area contributed by atoms with E-state index in [0.29, 0.717) is 11.4 Å². The first-order chi connectivity index (χ1) is 16.2. The van der Waals surface area contributed by atoms with Crippen LogP contribution in [0.4, 0.5) is 23.2 Å². The van der Waals surface area contributed by atoms with Gasteiger partial charge in [0.15, 0.2) is 5.69 Å². The van der Waals surface area contributed by atoms with Crippen LogP contribution in [0.5, 0.6) is 0 Å². The number of amides is 1. The molecule has 0 aliphatic carbocycles. The quantitative estimate of drug-likeness (QED) is 0.343. The molecule has 0 fully saturated rings. The molecule has 9 nitrogen and oxygen atoms in total. The van der Waals surface area contributed by atoms with Gasteiger partial charge in [0.1, 0.15) is 11.9 Å². The number of halogens is 5. The van der Waals surface area contributed by atoms with Crippen LogP contribution in [-0.2, 0) is 25.3 Å². The SMILES string of the molecule is Cc1c(NC(=O)C(CCOS(C)(=O)=O)n2nc(C(F)(F)F)c(Cl)c2C)cnn1-c1ccc(F)cc1. The Morgan fingerprint density at radius 2 is 1.83 bits per heavy atom. The molecule has 1 aromatic carbocycles. The molecule has 1 N–H and O–H groups in total. The fraction of sp³-hybridized carbons (Fsp3) is 0.350. The van der Waals surface area contributed by atoms with Gasteiger partial charge in [-0.2, -0.15) is 31.8 Å². The van der Waals surface area contributed by atoms with Crippen molar-refractivity contribution >= 4 is 33.3 Å². The van der Waals surface area contributed by atoms with Gasteiger partial charge in [-0.3, -0.25) is 13.7 Å². The van der Waals surface area contributed by atoms with Crippen molar-refractivity contribution in [2.24, 2.45) is 0 Å². The molecule has 1 amide bonds. The van der Waals surface area contributed by atoms with Crippen molar-refractivity contribution in [2.45, 2.75) is 32.5 Å². The summed E-state index contributed by atoms with van der Waals surface area (Å²) in [6.45, 7) is 2.37. The normalized spacial score (nSPS) is 13.1. The third-order valence-electron chi connectivity index (χ3n) is 4.97. The number of rotatable bonds is 8. The van der Waals surface area contributed by atoms with Gasteiger partial charge in [-0.25, -0.2) is 9.07 Å². The highest BCUT2D eigenvalue weighted by Gasteiger charge is 2.40. The molecule has 2 heterocycles. The molecule has 2 aromatic heterocycles. The Labute approximate surface area is 202 Å². The van der Waals surface area contributed by atoms with Gasteiger partial charge >= 0.3 is 6.18 Å². The Balaban J connectivity index is 1.93. The summed E-state index contributed by atoms with van der Waals surface area (Å²) in [5.41, 5.74) is -0.342. The van der Waals surface area contributed by atoms with Gasteiger partial charge in [0.2, 0.25) is 5.91 Å². The number of carbonyl (C=O) groups is 1. The number of nitrogens with zero attached hydrogens (tertiary/aromatic N) is 4. The molecule has 0 aliphatic heterocycles. The molecule has 190 valence electrons. The predicted octanol–water partition coefficient (Wildman–Crippen LogP) is 4.04. The molecule has 0 bridgehead atoms. The Kier molecular flexibility index (Phi) is 7.57. The van der Waals surface area contributed by atoms with Crippen LogP contribution < -0.4 is 5.32 Å². The van der Waals surface area contributed by atoms with Crippen molar-refractivity contribution in [2.75, 3.05) is 18.2 Å². The molecule has 35 heavy (non-hydrogen) atoms. The second kappa shape index (κ2) is 9.95. The second-order valence-electron chi connectivity index (χ2n) is 7.54. The number of nitrogens with one attached hydrogen (secondary N) is 1. The average Bonchev–Trinajstić information content (AvgIpc) is 3.25. The third-order valence-corrected chi connectivity index (χ3v) is 6.02. The summed E-state index contributed by atoms with van der Waals surface area (Å²) in [5.74, 6) is -1.25. The molecular weight excluding hydrogens is 518 g/mol. The molecule has 3 aromatic rings. The van der Waals surface area contributed by atoms with Crippen molar-refractivity contribution in [3.05, 3.63) is 58.4 Å². The third kappa shape index (κ3) is 6.18. The highest BCUT2D eigenvalue weighted by Crippen LogP contribution is 2.36. The summed E-state index contributed by atoms with van der Waals surface area (Å²) in [6.07, 6.45) is -3.09.